The first-order chi connectivity index (χ1) is 12.1. The van der Waals surface area contributed by atoms with E-state index in [9.17, 15) is 9.90 Å². The molecule has 1 aliphatic heterocycles. The van der Waals surface area contributed by atoms with Crippen LogP contribution in [0.2, 0.25) is 0 Å². The van der Waals surface area contributed by atoms with Crippen molar-refractivity contribution in [2.75, 3.05) is 27.2 Å². The van der Waals surface area contributed by atoms with Crippen molar-refractivity contribution in [3.63, 3.8) is 0 Å². The molecular weight excluding hydrogens is 320 g/mol. The Kier molecular flexibility index (Phi) is 5.35. The van der Waals surface area contributed by atoms with E-state index in [1.807, 2.05) is 31.3 Å². The number of nitrogens with zero attached hydrogens (tertiary/aromatic N) is 2. The Labute approximate surface area is 147 Å². The van der Waals surface area contributed by atoms with Gasteiger partial charge in [0.25, 0.3) is 0 Å². The number of carbonyl (C=O) groups excluding carboxylic acids is 1. The summed E-state index contributed by atoms with van der Waals surface area (Å²) in [5.41, 5.74) is 2.74. The van der Waals surface area contributed by atoms with E-state index in [1.165, 1.54) is 0 Å². The van der Waals surface area contributed by atoms with E-state index >= 15 is 0 Å². The summed E-state index contributed by atoms with van der Waals surface area (Å²) in [5, 5.41) is 20.1. The van der Waals surface area contributed by atoms with Crippen molar-refractivity contribution < 1.29 is 14.6 Å². The van der Waals surface area contributed by atoms with Crippen LogP contribution in [0.3, 0.4) is 0 Å². The molecule has 7 nitrogen and oxygen atoms in total. The number of amides is 1. The van der Waals surface area contributed by atoms with Crippen molar-refractivity contribution >= 4 is 5.91 Å². The van der Waals surface area contributed by atoms with Crippen LogP contribution in [0.4, 0.5) is 0 Å². The Bertz CT molecular complexity index is 713. The average molecular weight is 344 g/mol. The number of nitrogens with one attached hydrogen (secondary N) is 2. The highest BCUT2D eigenvalue weighted by Gasteiger charge is 2.31. The number of rotatable bonds is 5. The fourth-order valence-corrected chi connectivity index (χ4v) is 3.13. The normalized spacial score (nSPS) is 21.1. The summed E-state index contributed by atoms with van der Waals surface area (Å²) in [6.07, 6.45) is 1.75. The molecule has 2 heterocycles. The molecule has 0 spiro atoms. The fourth-order valence-electron chi connectivity index (χ4n) is 3.13. The lowest BCUT2D eigenvalue weighted by Crippen LogP contribution is -2.48. The molecule has 0 unspecified atom stereocenters. The van der Waals surface area contributed by atoms with Gasteiger partial charge in [-0.2, -0.15) is 5.10 Å². The van der Waals surface area contributed by atoms with Crippen LogP contribution in [0.15, 0.2) is 30.5 Å². The molecule has 0 radical (unpaired) electrons. The molecule has 25 heavy (non-hydrogen) atoms. The quantitative estimate of drug-likeness (QED) is 0.753. The maximum absolute atomic E-state index is 12.4. The molecule has 2 atom stereocenters. The number of piperidine rings is 1. The second-order valence-electron chi connectivity index (χ2n) is 6.44. The van der Waals surface area contributed by atoms with Gasteiger partial charge in [-0.3, -0.25) is 9.89 Å². The first kappa shape index (κ1) is 17.4. The lowest BCUT2D eigenvalue weighted by Gasteiger charge is -2.32. The van der Waals surface area contributed by atoms with Gasteiger partial charge in [0.05, 0.1) is 31.0 Å². The molecule has 1 aromatic carbocycles. The van der Waals surface area contributed by atoms with E-state index < -0.39 is 12.0 Å². The van der Waals surface area contributed by atoms with Gasteiger partial charge in [0.2, 0.25) is 5.91 Å². The SMILES string of the molecule is COc1ccc(-c2[nH]ncc2CNC(=O)[C@@H]2CN(C)CC[C@@H]2O)cc1. The molecule has 1 fully saturated rings. The number of hydrogen-bond donors (Lipinski definition) is 3. The molecule has 1 aliphatic rings. The van der Waals surface area contributed by atoms with Gasteiger partial charge in [0.1, 0.15) is 5.75 Å². The molecule has 1 saturated heterocycles. The zero-order valence-corrected chi connectivity index (χ0v) is 14.5. The molecule has 3 rings (SSSR count). The molecule has 0 bridgehead atoms. The van der Waals surface area contributed by atoms with Gasteiger partial charge in [-0.25, -0.2) is 0 Å². The Hall–Kier alpha value is -2.38. The maximum atomic E-state index is 12.4. The van der Waals surface area contributed by atoms with E-state index in [-0.39, 0.29) is 5.91 Å². The third kappa shape index (κ3) is 4.00. The van der Waals surface area contributed by atoms with Gasteiger partial charge in [0.15, 0.2) is 0 Å². The predicted molar refractivity (Wildman–Crippen MR) is 94.0 cm³/mol. The zero-order chi connectivity index (χ0) is 17.8. The van der Waals surface area contributed by atoms with Crippen LogP contribution < -0.4 is 10.1 Å². The van der Waals surface area contributed by atoms with Crippen LogP contribution in [-0.4, -0.2) is 59.5 Å². The highest BCUT2D eigenvalue weighted by molar-refractivity contribution is 5.80. The largest absolute Gasteiger partial charge is 0.497 e. The summed E-state index contributed by atoms with van der Waals surface area (Å²) in [6, 6.07) is 7.65. The molecule has 0 saturated carbocycles. The van der Waals surface area contributed by atoms with Crippen molar-refractivity contribution in [2.45, 2.75) is 19.1 Å². The van der Waals surface area contributed by atoms with Crippen LogP contribution in [0, 0.1) is 5.92 Å². The highest BCUT2D eigenvalue weighted by atomic mass is 16.5. The lowest BCUT2D eigenvalue weighted by molar-refractivity contribution is -0.131. The lowest BCUT2D eigenvalue weighted by atomic mass is 9.94. The number of H-pyrrole nitrogens is 1. The smallest absolute Gasteiger partial charge is 0.227 e. The van der Waals surface area contributed by atoms with Crippen LogP contribution in [0.1, 0.15) is 12.0 Å². The van der Waals surface area contributed by atoms with Crippen molar-refractivity contribution in [1.82, 2.24) is 20.4 Å². The Morgan fingerprint density at radius 3 is 2.92 bits per heavy atom. The monoisotopic (exact) mass is 344 g/mol. The van der Waals surface area contributed by atoms with Gasteiger partial charge in [0, 0.05) is 30.8 Å². The van der Waals surface area contributed by atoms with Gasteiger partial charge in [-0.1, -0.05) is 0 Å². The Morgan fingerprint density at radius 2 is 2.20 bits per heavy atom. The standard InChI is InChI=1S/C18H24N4O3/c1-22-8-7-16(23)15(11-22)18(24)19-9-13-10-20-21-17(13)12-3-5-14(25-2)6-4-12/h3-6,10,15-16,23H,7-9,11H2,1-2H3,(H,19,24)(H,20,21)/t15-,16+/m1/s1. The first-order valence-corrected chi connectivity index (χ1v) is 8.39. The van der Waals surface area contributed by atoms with Crippen LogP contribution in [0.25, 0.3) is 11.3 Å². The van der Waals surface area contributed by atoms with Gasteiger partial charge >= 0.3 is 0 Å². The number of aromatic nitrogens is 2. The summed E-state index contributed by atoms with van der Waals surface area (Å²) < 4.78 is 5.17. The van der Waals surface area contributed by atoms with E-state index in [4.69, 9.17) is 4.74 Å². The number of aliphatic hydroxyl groups is 1. The van der Waals surface area contributed by atoms with Crippen LogP contribution in [-0.2, 0) is 11.3 Å². The average Bonchev–Trinajstić information content (AvgIpc) is 3.10. The van der Waals surface area contributed by atoms with Gasteiger partial charge in [-0.15, -0.1) is 0 Å². The third-order valence-corrected chi connectivity index (χ3v) is 4.67. The predicted octanol–water partition coefficient (Wildman–Crippen LogP) is 1.01. The molecule has 2 aromatic rings. The second-order valence-corrected chi connectivity index (χ2v) is 6.44. The molecule has 7 heteroatoms. The molecule has 3 N–H and O–H groups in total. The topological polar surface area (TPSA) is 90.5 Å². The summed E-state index contributed by atoms with van der Waals surface area (Å²) in [6.45, 7) is 1.75. The minimum atomic E-state index is -0.582. The number of methoxy groups -OCH3 is 1. The first-order valence-electron chi connectivity index (χ1n) is 8.39. The number of likely N-dealkylation sites (tertiary alicyclic amines) is 1. The zero-order valence-electron chi connectivity index (χ0n) is 14.5. The number of aromatic amines is 1. The summed E-state index contributed by atoms with van der Waals surface area (Å²) in [7, 11) is 3.59. The minimum Gasteiger partial charge on any atom is -0.497 e. The van der Waals surface area contributed by atoms with Crippen molar-refractivity contribution in [3.05, 3.63) is 36.0 Å². The Morgan fingerprint density at radius 1 is 1.44 bits per heavy atom. The van der Waals surface area contributed by atoms with Gasteiger partial charge < -0.3 is 20.1 Å². The molecule has 0 aliphatic carbocycles. The number of carbonyl (C=O) groups is 1. The molecular formula is C18H24N4O3. The number of hydrogen-bond acceptors (Lipinski definition) is 5. The summed E-state index contributed by atoms with van der Waals surface area (Å²) >= 11 is 0. The fraction of sp³-hybridized carbons (Fsp3) is 0.444. The maximum Gasteiger partial charge on any atom is 0.227 e. The van der Waals surface area contributed by atoms with Crippen molar-refractivity contribution in [3.8, 4) is 17.0 Å². The molecule has 1 aromatic heterocycles. The number of aliphatic hydroxyl groups excluding tert-OH is 1. The van der Waals surface area contributed by atoms with Crippen LogP contribution in [0.5, 0.6) is 5.75 Å². The minimum absolute atomic E-state index is 0.124. The van der Waals surface area contributed by atoms with Crippen molar-refractivity contribution in [1.29, 1.82) is 0 Å². The van der Waals surface area contributed by atoms with Crippen molar-refractivity contribution in [2.24, 2.45) is 5.92 Å². The van der Waals surface area contributed by atoms with Gasteiger partial charge in [-0.05, 0) is 37.7 Å². The van der Waals surface area contributed by atoms with E-state index in [0.29, 0.717) is 19.5 Å². The van der Waals surface area contributed by atoms with E-state index in [1.54, 1.807) is 13.3 Å². The third-order valence-electron chi connectivity index (χ3n) is 4.67. The molecule has 1 amide bonds. The molecule has 134 valence electrons. The summed E-state index contributed by atoms with van der Waals surface area (Å²) in [4.78, 5) is 14.5. The Balaban J connectivity index is 1.66. The summed E-state index contributed by atoms with van der Waals surface area (Å²) in [5.74, 6) is 0.268. The van der Waals surface area contributed by atoms with E-state index in [2.05, 4.69) is 20.4 Å². The second kappa shape index (κ2) is 7.67. The van der Waals surface area contributed by atoms with Crippen LogP contribution >= 0.6 is 0 Å². The highest BCUT2D eigenvalue weighted by Crippen LogP contribution is 2.24. The van der Waals surface area contributed by atoms with E-state index in [0.717, 1.165) is 29.1 Å². The number of ether oxygens (including phenoxy) is 1. The number of benzene rings is 1.